The lowest BCUT2D eigenvalue weighted by atomic mass is 10.7. The van der Waals surface area contributed by atoms with Gasteiger partial charge < -0.3 is 10.5 Å². The van der Waals surface area contributed by atoms with Crippen molar-refractivity contribution in [1.29, 1.82) is 0 Å². The molecule has 0 aliphatic carbocycles. The SMILES string of the molecule is [CH2]OC(C)N. The molecular formula is C3H8NO. The van der Waals surface area contributed by atoms with Crippen LogP contribution in [-0.2, 0) is 4.74 Å². The minimum atomic E-state index is -0.227. The van der Waals surface area contributed by atoms with Crippen LogP contribution in [0.5, 0.6) is 0 Å². The summed E-state index contributed by atoms with van der Waals surface area (Å²) >= 11 is 0. The molecule has 0 fully saturated rings. The molecule has 0 heterocycles. The van der Waals surface area contributed by atoms with Crippen molar-refractivity contribution in [2.24, 2.45) is 5.73 Å². The number of nitrogens with two attached hydrogens (primary N) is 1. The molecule has 0 spiro atoms. The standard InChI is InChI=1S/C3H8NO/c1-3(4)5-2/h3H,2,4H2,1H3. The first-order valence-corrected chi connectivity index (χ1v) is 1.44. The van der Waals surface area contributed by atoms with Crippen LogP contribution in [0.3, 0.4) is 0 Å². The predicted octanol–water partition coefficient (Wildman–Crippen LogP) is 0.0993. The summed E-state index contributed by atoms with van der Waals surface area (Å²) < 4.78 is 4.28. The van der Waals surface area contributed by atoms with Crippen LogP contribution in [0.25, 0.3) is 0 Å². The van der Waals surface area contributed by atoms with Crippen LogP contribution in [0.15, 0.2) is 0 Å². The normalized spacial score (nSPS) is 15.0. The molecule has 0 saturated carbocycles. The third kappa shape index (κ3) is 3.92. The number of hydrogen-bond donors (Lipinski definition) is 1. The van der Waals surface area contributed by atoms with Crippen molar-refractivity contribution >= 4 is 0 Å². The molecule has 0 aromatic rings. The van der Waals surface area contributed by atoms with Crippen LogP contribution in [0.2, 0.25) is 0 Å². The maximum Gasteiger partial charge on any atom is 0.102 e. The Kier molecular flexibility index (Phi) is 2.14. The van der Waals surface area contributed by atoms with Crippen molar-refractivity contribution in [1.82, 2.24) is 0 Å². The Labute approximate surface area is 31.9 Å². The summed E-state index contributed by atoms with van der Waals surface area (Å²) in [7, 11) is 3.06. The smallest absolute Gasteiger partial charge is 0.102 e. The number of rotatable bonds is 1. The van der Waals surface area contributed by atoms with E-state index < -0.39 is 0 Å². The topological polar surface area (TPSA) is 35.2 Å². The molecule has 0 saturated heterocycles. The molecule has 31 valence electrons. The predicted molar refractivity (Wildman–Crippen MR) is 20.1 cm³/mol. The van der Waals surface area contributed by atoms with Crippen LogP contribution in [-0.4, -0.2) is 6.23 Å². The summed E-state index contributed by atoms with van der Waals surface area (Å²) in [5.74, 6) is 0. The largest absolute Gasteiger partial charge is 0.362 e. The minimum absolute atomic E-state index is 0.227. The molecule has 1 radical (unpaired) electrons. The van der Waals surface area contributed by atoms with Gasteiger partial charge in [-0.3, -0.25) is 0 Å². The zero-order valence-corrected chi connectivity index (χ0v) is 3.27. The van der Waals surface area contributed by atoms with Gasteiger partial charge in [0.25, 0.3) is 0 Å². The lowest BCUT2D eigenvalue weighted by molar-refractivity contribution is 0.162. The second-order valence-corrected chi connectivity index (χ2v) is 0.872. The molecule has 1 unspecified atom stereocenters. The second kappa shape index (κ2) is 2.18. The second-order valence-electron chi connectivity index (χ2n) is 0.872. The molecule has 0 bridgehead atoms. The third-order valence-corrected chi connectivity index (χ3v) is 0.263. The van der Waals surface area contributed by atoms with Crippen molar-refractivity contribution in [3.05, 3.63) is 7.11 Å². The van der Waals surface area contributed by atoms with Crippen molar-refractivity contribution in [3.8, 4) is 0 Å². The van der Waals surface area contributed by atoms with E-state index >= 15 is 0 Å². The zero-order chi connectivity index (χ0) is 4.28. The maximum absolute atomic E-state index is 5.01. The van der Waals surface area contributed by atoms with Crippen LogP contribution in [0, 0.1) is 7.11 Å². The van der Waals surface area contributed by atoms with Gasteiger partial charge in [0.05, 0.1) is 7.11 Å². The molecule has 0 amide bonds. The van der Waals surface area contributed by atoms with Crippen LogP contribution in [0.1, 0.15) is 6.92 Å². The van der Waals surface area contributed by atoms with Crippen molar-refractivity contribution < 1.29 is 4.74 Å². The zero-order valence-electron chi connectivity index (χ0n) is 3.27. The molecule has 5 heavy (non-hydrogen) atoms. The first-order chi connectivity index (χ1) is 2.27. The van der Waals surface area contributed by atoms with Crippen molar-refractivity contribution in [2.45, 2.75) is 13.2 Å². The summed E-state index contributed by atoms with van der Waals surface area (Å²) in [5.41, 5.74) is 5.01. The highest BCUT2D eigenvalue weighted by Gasteiger charge is 1.78. The van der Waals surface area contributed by atoms with Crippen LogP contribution < -0.4 is 5.73 Å². The molecule has 2 N–H and O–H groups in total. The van der Waals surface area contributed by atoms with E-state index in [1.165, 1.54) is 0 Å². The van der Waals surface area contributed by atoms with E-state index in [0.717, 1.165) is 0 Å². The van der Waals surface area contributed by atoms with E-state index in [1.807, 2.05) is 0 Å². The van der Waals surface area contributed by atoms with Gasteiger partial charge >= 0.3 is 0 Å². The lowest BCUT2D eigenvalue weighted by Gasteiger charge is -1.95. The monoisotopic (exact) mass is 74.1 g/mol. The van der Waals surface area contributed by atoms with Gasteiger partial charge in [-0.1, -0.05) is 0 Å². The fraction of sp³-hybridized carbons (Fsp3) is 0.667. The first kappa shape index (κ1) is 4.92. The van der Waals surface area contributed by atoms with Crippen molar-refractivity contribution in [2.75, 3.05) is 0 Å². The van der Waals surface area contributed by atoms with E-state index in [4.69, 9.17) is 5.73 Å². The molecule has 0 aromatic heterocycles. The quantitative estimate of drug-likeness (QED) is 0.448. The summed E-state index contributed by atoms with van der Waals surface area (Å²) in [5, 5.41) is 0. The summed E-state index contributed by atoms with van der Waals surface area (Å²) in [4.78, 5) is 0. The molecule has 1 atom stereocenters. The first-order valence-electron chi connectivity index (χ1n) is 1.44. The van der Waals surface area contributed by atoms with Crippen molar-refractivity contribution in [3.63, 3.8) is 0 Å². The molecule has 2 heteroatoms. The van der Waals surface area contributed by atoms with Crippen LogP contribution >= 0.6 is 0 Å². The molecule has 0 aliphatic heterocycles. The Balaban J connectivity index is 2.54. The Morgan fingerprint density at radius 2 is 2.20 bits per heavy atom. The van der Waals surface area contributed by atoms with E-state index in [2.05, 4.69) is 11.8 Å². The Bertz CT molecular complexity index is 20.9. The fourth-order valence-corrected chi connectivity index (χ4v) is 0. The highest BCUT2D eigenvalue weighted by atomic mass is 16.5. The molecule has 0 rings (SSSR count). The van der Waals surface area contributed by atoms with Gasteiger partial charge in [-0.25, -0.2) is 0 Å². The molecular weight excluding hydrogens is 66.0 g/mol. The summed E-state index contributed by atoms with van der Waals surface area (Å²) in [6, 6.07) is 0. The van der Waals surface area contributed by atoms with E-state index in [9.17, 15) is 0 Å². The van der Waals surface area contributed by atoms with Gasteiger partial charge in [-0.15, -0.1) is 0 Å². The van der Waals surface area contributed by atoms with Crippen LogP contribution in [0.4, 0.5) is 0 Å². The van der Waals surface area contributed by atoms with Gasteiger partial charge in [0.15, 0.2) is 0 Å². The van der Waals surface area contributed by atoms with Gasteiger partial charge in [0, 0.05) is 0 Å². The molecule has 0 aromatic carbocycles. The lowest BCUT2D eigenvalue weighted by Crippen LogP contribution is -2.14. The van der Waals surface area contributed by atoms with E-state index in [-0.39, 0.29) is 6.23 Å². The highest BCUT2D eigenvalue weighted by molar-refractivity contribution is 4.26. The number of hydrogen-bond acceptors (Lipinski definition) is 2. The Morgan fingerprint density at radius 3 is 2.20 bits per heavy atom. The molecule has 2 nitrogen and oxygen atoms in total. The van der Waals surface area contributed by atoms with Gasteiger partial charge in [-0.2, -0.15) is 0 Å². The van der Waals surface area contributed by atoms with Gasteiger partial charge in [0.1, 0.15) is 6.23 Å². The summed E-state index contributed by atoms with van der Waals surface area (Å²) in [6.45, 7) is 1.72. The van der Waals surface area contributed by atoms with E-state index in [0.29, 0.717) is 0 Å². The average molecular weight is 74.1 g/mol. The highest BCUT2D eigenvalue weighted by Crippen LogP contribution is 1.69. The fourth-order valence-electron chi connectivity index (χ4n) is 0. The average Bonchev–Trinajstić information content (AvgIpc) is 1.38. The Morgan fingerprint density at radius 1 is 2.00 bits per heavy atom. The third-order valence-electron chi connectivity index (χ3n) is 0.263. The minimum Gasteiger partial charge on any atom is -0.362 e. The van der Waals surface area contributed by atoms with E-state index in [1.54, 1.807) is 6.92 Å². The summed E-state index contributed by atoms with van der Waals surface area (Å²) in [6.07, 6.45) is -0.227. The maximum atomic E-state index is 5.01. The number of ether oxygens (including phenoxy) is 1. The van der Waals surface area contributed by atoms with Gasteiger partial charge in [0.2, 0.25) is 0 Å². The Hall–Kier alpha value is -0.0800. The van der Waals surface area contributed by atoms with Gasteiger partial charge in [-0.05, 0) is 6.92 Å². The molecule has 0 aliphatic rings.